The molecule has 0 bridgehead atoms. The zero-order chi connectivity index (χ0) is 14.0. The van der Waals surface area contributed by atoms with Gasteiger partial charge in [0.15, 0.2) is 0 Å². The van der Waals surface area contributed by atoms with Gasteiger partial charge in [-0.05, 0) is 25.0 Å². The fraction of sp³-hybridized carbons (Fsp3) is 0.333. The van der Waals surface area contributed by atoms with Crippen molar-refractivity contribution in [1.82, 2.24) is 9.97 Å². The average Bonchev–Trinajstić information content (AvgIpc) is 2.37. The Morgan fingerprint density at radius 1 is 1.21 bits per heavy atom. The number of nitrogens with two attached hydrogens (primary N) is 1. The van der Waals surface area contributed by atoms with E-state index in [-0.39, 0.29) is 5.92 Å². The van der Waals surface area contributed by atoms with Crippen LogP contribution in [0.2, 0.25) is 0 Å². The van der Waals surface area contributed by atoms with E-state index in [4.69, 9.17) is 10.5 Å². The Labute approximate surface area is 113 Å². The van der Waals surface area contributed by atoms with Gasteiger partial charge in [-0.2, -0.15) is 0 Å². The molecular formula is C15H19N3O. The molecule has 100 valence electrons. The van der Waals surface area contributed by atoms with E-state index in [1.165, 1.54) is 6.33 Å². The minimum Gasteiger partial charge on any atom is -0.496 e. The molecule has 0 saturated carbocycles. The molecule has 0 fully saturated rings. The van der Waals surface area contributed by atoms with Gasteiger partial charge in [-0.3, -0.25) is 0 Å². The maximum Gasteiger partial charge on any atom is 0.130 e. The summed E-state index contributed by atoms with van der Waals surface area (Å²) in [5.41, 5.74) is 9.93. The van der Waals surface area contributed by atoms with E-state index in [1.807, 2.05) is 19.1 Å². The van der Waals surface area contributed by atoms with Crippen molar-refractivity contribution in [2.45, 2.75) is 26.7 Å². The fourth-order valence-electron chi connectivity index (χ4n) is 2.20. The molecule has 1 aromatic heterocycles. The molecule has 1 heterocycles. The first kappa shape index (κ1) is 13.3. The van der Waals surface area contributed by atoms with Gasteiger partial charge in [-0.1, -0.05) is 25.5 Å². The molecular weight excluding hydrogens is 238 g/mol. The van der Waals surface area contributed by atoms with Gasteiger partial charge in [-0.15, -0.1) is 0 Å². The Morgan fingerprint density at radius 3 is 2.58 bits per heavy atom. The number of benzene rings is 1. The minimum absolute atomic E-state index is 0.251. The van der Waals surface area contributed by atoms with Crippen LogP contribution in [0.15, 0.2) is 24.5 Å². The first-order valence-corrected chi connectivity index (χ1v) is 6.30. The fourth-order valence-corrected chi connectivity index (χ4v) is 2.20. The maximum atomic E-state index is 6.00. The lowest BCUT2D eigenvalue weighted by Gasteiger charge is -2.16. The number of hydrogen-bond donors (Lipinski definition) is 1. The topological polar surface area (TPSA) is 61.0 Å². The van der Waals surface area contributed by atoms with E-state index in [2.05, 4.69) is 29.9 Å². The molecule has 0 radical (unpaired) electrons. The van der Waals surface area contributed by atoms with E-state index < -0.39 is 0 Å². The van der Waals surface area contributed by atoms with Crippen LogP contribution in [-0.2, 0) is 0 Å². The first-order valence-electron chi connectivity index (χ1n) is 6.30. The normalized spacial score (nSPS) is 10.8. The molecule has 0 aliphatic carbocycles. The number of nitrogens with zero attached hydrogens (tertiary/aromatic N) is 2. The van der Waals surface area contributed by atoms with Crippen molar-refractivity contribution in [1.29, 1.82) is 0 Å². The largest absolute Gasteiger partial charge is 0.496 e. The van der Waals surface area contributed by atoms with Crippen molar-refractivity contribution in [3.05, 3.63) is 35.7 Å². The molecule has 1 aromatic carbocycles. The van der Waals surface area contributed by atoms with Crippen molar-refractivity contribution in [3.8, 4) is 17.0 Å². The molecule has 2 aromatic rings. The highest BCUT2D eigenvalue weighted by Gasteiger charge is 2.17. The molecule has 0 unspecified atom stereocenters. The summed E-state index contributed by atoms with van der Waals surface area (Å²) in [5.74, 6) is 1.58. The molecule has 0 spiro atoms. The van der Waals surface area contributed by atoms with Crippen LogP contribution < -0.4 is 10.5 Å². The zero-order valence-electron chi connectivity index (χ0n) is 11.8. The number of nitrogen functional groups attached to an aromatic ring is 1. The van der Waals surface area contributed by atoms with Crippen molar-refractivity contribution < 1.29 is 4.74 Å². The molecule has 2 rings (SSSR count). The SMILES string of the molecule is COc1ccc(C)cc1-c1ncnc(N)c1C(C)C. The van der Waals surface area contributed by atoms with Crippen LogP contribution in [0.1, 0.15) is 30.9 Å². The predicted molar refractivity (Wildman–Crippen MR) is 77.3 cm³/mol. The number of aryl methyl sites for hydroxylation is 1. The summed E-state index contributed by atoms with van der Waals surface area (Å²) in [6.07, 6.45) is 1.50. The average molecular weight is 257 g/mol. The van der Waals surface area contributed by atoms with Crippen LogP contribution in [0.5, 0.6) is 5.75 Å². The van der Waals surface area contributed by atoms with Crippen LogP contribution >= 0.6 is 0 Å². The Kier molecular flexibility index (Phi) is 3.69. The monoisotopic (exact) mass is 257 g/mol. The molecule has 0 saturated heterocycles. The smallest absolute Gasteiger partial charge is 0.130 e. The Bertz CT molecular complexity index is 594. The summed E-state index contributed by atoms with van der Waals surface area (Å²) < 4.78 is 5.43. The lowest BCUT2D eigenvalue weighted by Crippen LogP contribution is -2.05. The van der Waals surface area contributed by atoms with E-state index in [0.717, 1.165) is 28.1 Å². The van der Waals surface area contributed by atoms with E-state index in [1.54, 1.807) is 7.11 Å². The maximum absolute atomic E-state index is 6.00. The van der Waals surface area contributed by atoms with Gasteiger partial charge in [0.05, 0.1) is 12.8 Å². The number of anilines is 1. The van der Waals surface area contributed by atoms with Crippen LogP contribution in [0.25, 0.3) is 11.3 Å². The summed E-state index contributed by atoms with van der Waals surface area (Å²) in [6.45, 7) is 6.21. The van der Waals surface area contributed by atoms with Crippen molar-refractivity contribution in [2.24, 2.45) is 0 Å². The van der Waals surface area contributed by atoms with Gasteiger partial charge in [-0.25, -0.2) is 9.97 Å². The number of aromatic nitrogens is 2. The second kappa shape index (κ2) is 5.26. The van der Waals surface area contributed by atoms with Crippen LogP contribution in [0.4, 0.5) is 5.82 Å². The summed E-state index contributed by atoms with van der Waals surface area (Å²) in [5, 5.41) is 0. The standard InChI is InChI=1S/C15H19N3O/c1-9(2)13-14(17-8-18-15(13)16)11-7-10(3)5-6-12(11)19-4/h5-9H,1-4H3,(H2,16,17,18). The number of hydrogen-bond acceptors (Lipinski definition) is 4. The van der Waals surface area contributed by atoms with Gasteiger partial charge in [0, 0.05) is 11.1 Å². The number of ether oxygens (including phenoxy) is 1. The van der Waals surface area contributed by atoms with Gasteiger partial charge in [0.25, 0.3) is 0 Å². The van der Waals surface area contributed by atoms with Crippen molar-refractivity contribution in [2.75, 3.05) is 12.8 Å². The second-order valence-electron chi connectivity index (χ2n) is 4.88. The molecule has 4 heteroatoms. The number of methoxy groups -OCH3 is 1. The molecule has 0 amide bonds. The Balaban J connectivity index is 2.71. The zero-order valence-corrected chi connectivity index (χ0v) is 11.8. The lowest BCUT2D eigenvalue weighted by atomic mass is 9.96. The van der Waals surface area contributed by atoms with Crippen LogP contribution in [0, 0.1) is 6.92 Å². The summed E-state index contributed by atoms with van der Waals surface area (Å²) >= 11 is 0. The Hall–Kier alpha value is -2.10. The van der Waals surface area contributed by atoms with Gasteiger partial charge >= 0.3 is 0 Å². The molecule has 4 nitrogen and oxygen atoms in total. The van der Waals surface area contributed by atoms with Gasteiger partial charge in [0.2, 0.25) is 0 Å². The van der Waals surface area contributed by atoms with E-state index in [0.29, 0.717) is 5.82 Å². The Morgan fingerprint density at radius 2 is 1.95 bits per heavy atom. The molecule has 19 heavy (non-hydrogen) atoms. The second-order valence-corrected chi connectivity index (χ2v) is 4.88. The van der Waals surface area contributed by atoms with E-state index >= 15 is 0 Å². The summed E-state index contributed by atoms with van der Waals surface area (Å²) in [7, 11) is 1.66. The van der Waals surface area contributed by atoms with Gasteiger partial charge in [0.1, 0.15) is 17.9 Å². The minimum atomic E-state index is 0.251. The lowest BCUT2D eigenvalue weighted by molar-refractivity contribution is 0.416. The molecule has 0 aliphatic rings. The highest BCUT2D eigenvalue weighted by atomic mass is 16.5. The summed E-state index contributed by atoms with van der Waals surface area (Å²) in [6, 6.07) is 6.03. The van der Waals surface area contributed by atoms with Crippen LogP contribution in [-0.4, -0.2) is 17.1 Å². The van der Waals surface area contributed by atoms with Crippen molar-refractivity contribution in [3.63, 3.8) is 0 Å². The van der Waals surface area contributed by atoms with Crippen molar-refractivity contribution >= 4 is 5.82 Å². The van der Waals surface area contributed by atoms with E-state index in [9.17, 15) is 0 Å². The molecule has 0 atom stereocenters. The third-order valence-corrected chi connectivity index (χ3v) is 3.10. The third kappa shape index (κ3) is 2.52. The highest BCUT2D eigenvalue weighted by molar-refractivity contribution is 5.74. The molecule has 2 N–H and O–H groups in total. The highest BCUT2D eigenvalue weighted by Crippen LogP contribution is 2.36. The number of rotatable bonds is 3. The third-order valence-electron chi connectivity index (χ3n) is 3.10. The quantitative estimate of drug-likeness (QED) is 0.917. The van der Waals surface area contributed by atoms with Crippen LogP contribution in [0.3, 0.4) is 0 Å². The summed E-state index contributed by atoms with van der Waals surface area (Å²) in [4.78, 5) is 8.50. The first-order chi connectivity index (χ1) is 9.04. The van der Waals surface area contributed by atoms with Gasteiger partial charge < -0.3 is 10.5 Å². The molecule has 0 aliphatic heterocycles. The predicted octanol–water partition coefficient (Wildman–Crippen LogP) is 3.17.